The Balaban J connectivity index is 1.86. The van der Waals surface area contributed by atoms with E-state index in [9.17, 15) is 25.2 Å². The van der Waals surface area contributed by atoms with E-state index in [1.165, 1.54) is 26.4 Å². The van der Waals surface area contributed by atoms with E-state index in [0.29, 0.717) is 25.3 Å². The molecule has 0 spiro atoms. The van der Waals surface area contributed by atoms with Crippen molar-refractivity contribution >= 4 is 5.97 Å². The summed E-state index contributed by atoms with van der Waals surface area (Å²) < 4.78 is 51.2. The maximum atomic E-state index is 14.6. The Morgan fingerprint density at radius 1 is 0.953 bits per heavy atom. The predicted octanol–water partition coefficient (Wildman–Crippen LogP) is 2.81. The lowest BCUT2D eigenvalue weighted by atomic mass is 9.75. The highest BCUT2D eigenvalue weighted by atomic mass is 16.7. The van der Waals surface area contributed by atoms with Crippen molar-refractivity contribution in [3.63, 3.8) is 0 Å². The van der Waals surface area contributed by atoms with Crippen LogP contribution in [0, 0.1) is 17.8 Å². The molecular weight excluding hydrogens is 831 g/mol. The van der Waals surface area contributed by atoms with E-state index < -0.39 is 95.5 Å². The molecule has 4 heterocycles. The molecule has 18 heteroatoms. The van der Waals surface area contributed by atoms with Crippen LogP contribution >= 0.6 is 0 Å². The third-order valence-electron chi connectivity index (χ3n) is 14.0. The molecule has 0 amide bonds. The number of hydrogen-bond acceptors (Lipinski definition) is 18. The molecular formula is C46H83N5O13. The number of ether oxygens (including phenoxy) is 8. The van der Waals surface area contributed by atoms with Gasteiger partial charge in [-0.2, -0.15) is 9.97 Å². The van der Waals surface area contributed by atoms with Crippen molar-refractivity contribution in [1.29, 1.82) is 0 Å². The average Bonchev–Trinajstić information content (AvgIpc) is 3.24. The highest BCUT2D eigenvalue weighted by Gasteiger charge is 2.58. The van der Waals surface area contributed by atoms with Crippen molar-refractivity contribution in [3.8, 4) is 11.8 Å². The second-order valence-corrected chi connectivity index (χ2v) is 19.7. The highest BCUT2D eigenvalue weighted by molar-refractivity contribution is 5.73. The number of aliphatic hydroxyl groups is 4. The molecule has 4 rings (SSSR count). The maximum Gasteiger partial charge on any atom is 0.316 e. The molecule has 3 aliphatic heterocycles. The molecule has 18 atom stereocenters. The molecule has 6 N–H and O–H groups in total. The largest absolute Gasteiger partial charge is 0.480 e. The van der Waals surface area contributed by atoms with Gasteiger partial charge in [0.1, 0.15) is 29.0 Å². The van der Waals surface area contributed by atoms with E-state index in [2.05, 4.69) is 20.6 Å². The summed E-state index contributed by atoms with van der Waals surface area (Å²) in [6.07, 6.45) is -3.47. The predicted molar refractivity (Wildman–Crippen MR) is 239 cm³/mol. The van der Waals surface area contributed by atoms with Crippen LogP contribution in [-0.4, -0.2) is 179 Å². The molecule has 0 bridgehead atoms. The molecule has 3 fully saturated rings. The van der Waals surface area contributed by atoms with Crippen LogP contribution in [0.15, 0.2) is 12.4 Å². The molecule has 18 nitrogen and oxygen atoms in total. The SMILES string of the molecule is CCCNC[C@]1(O)[C@H](C)O[C@@H](O[C@H]2[C@H](C)[C@@H](O[C@@H]3O[C@H](C)C[C@H](N(C)C)[C@H]3Oc3cnc(OC)nc3)[C@](C)(O)C[C@@H](C)CN[C@H](C)[C@@H](O)[C@](C)(O)[C@@H](CC)OC(=O)[C@@H]2C)C[C@@]1(C)OC. The molecule has 0 aliphatic carbocycles. The lowest BCUT2D eigenvalue weighted by Crippen LogP contribution is -2.70. The van der Waals surface area contributed by atoms with E-state index in [1.807, 2.05) is 53.6 Å². The number of cyclic esters (lactones) is 1. The topological polar surface area (TPSA) is 225 Å². The van der Waals surface area contributed by atoms with Crippen molar-refractivity contribution in [3.05, 3.63) is 12.4 Å². The van der Waals surface area contributed by atoms with Crippen LogP contribution in [0.2, 0.25) is 0 Å². The standard InChI is InChI=1S/C46H83N5O13/c1-16-18-47-25-46(56)31(8)60-35(21-44(46,10)58-15)63-36-28(5)39(64-41-37(33(51(12)13)19-27(4)59-41)61-32-23-49-42(57-14)50-24-32)43(9,54)20-26(3)22-48-30(7)38(52)45(11,55)34(17-2)62-40(53)29(36)6/h23-24,26-31,33-39,41,47-48,52,54-56H,16-22,25H2,1-15H3/t26-,27-,28+,29-,30-,31+,33+,34-,35+,36+,37-,38-,39-,41+,43-,44-,45-,46+/m1/s1. The summed E-state index contributed by atoms with van der Waals surface area (Å²) >= 11 is 0. The molecule has 0 radical (unpaired) electrons. The summed E-state index contributed by atoms with van der Waals surface area (Å²) in [5, 5.41) is 55.0. The van der Waals surface area contributed by atoms with Crippen molar-refractivity contribution in [2.24, 2.45) is 17.8 Å². The number of esters is 1. The second kappa shape index (κ2) is 22.6. The Morgan fingerprint density at radius 3 is 2.19 bits per heavy atom. The van der Waals surface area contributed by atoms with Crippen molar-refractivity contribution < 1.29 is 63.1 Å². The van der Waals surface area contributed by atoms with E-state index in [-0.39, 0.29) is 49.9 Å². The normalized spacial score (nSPS) is 43.2. The number of nitrogens with zero attached hydrogens (tertiary/aromatic N) is 3. The van der Waals surface area contributed by atoms with E-state index >= 15 is 0 Å². The molecule has 3 saturated heterocycles. The van der Waals surface area contributed by atoms with E-state index in [1.54, 1.807) is 41.7 Å². The van der Waals surface area contributed by atoms with Gasteiger partial charge >= 0.3 is 12.0 Å². The number of aliphatic hydroxyl groups excluding tert-OH is 1. The third kappa shape index (κ3) is 12.4. The summed E-state index contributed by atoms with van der Waals surface area (Å²) in [5.74, 6) is -2.39. The van der Waals surface area contributed by atoms with Gasteiger partial charge in [-0.25, -0.2) is 0 Å². The zero-order valence-electron chi connectivity index (χ0n) is 41.2. The number of carbonyl (C=O) groups excluding carboxylic acids is 1. The van der Waals surface area contributed by atoms with Gasteiger partial charge in [-0.1, -0.05) is 27.7 Å². The van der Waals surface area contributed by atoms with E-state index in [0.717, 1.165) is 6.42 Å². The minimum Gasteiger partial charge on any atom is -0.480 e. The van der Waals surface area contributed by atoms with Crippen LogP contribution in [-0.2, 0) is 33.2 Å². The third-order valence-corrected chi connectivity index (χ3v) is 14.0. The quantitative estimate of drug-likeness (QED) is 0.117. The molecule has 1 aromatic heterocycles. The monoisotopic (exact) mass is 914 g/mol. The van der Waals surface area contributed by atoms with Gasteiger partial charge in [0, 0.05) is 32.0 Å². The average molecular weight is 914 g/mol. The Bertz CT molecular complexity index is 1590. The number of methoxy groups -OCH3 is 2. The summed E-state index contributed by atoms with van der Waals surface area (Å²) in [6, 6.07) is -0.655. The summed E-state index contributed by atoms with van der Waals surface area (Å²) in [6.45, 7) is 21.0. The number of aromatic nitrogens is 2. The summed E-state index contributed by atoms with van der Waals surface area (Å²) in [7, 11) is 6.92. The minimum absolute atomic E-state index is 0.0811. The van der Waals surface area contributed by atoms with Crippen molar-refractivity contribution in [2.75, 3.05) is 47.9 Å². The first-order chi connectivity index (χ1) is 29.9. The Labute approximate surface area is 381 Å². The molecule has 0 saturated carbocycles. The Morgan fingerprint density at radius 2 is 1.61 bits per heavy atom. The van der Waals surface area contributed by atoms with Crippen LogP contribution in [0.4, 0.5) is 0 Å². The number of carbonyl (C=O) groups is 1. The maximum absolute atomic E-state index is 14.6. The first-order valence-corrected chi connectivity index (χ1v) is 23.2. The van der Waals surface area contributed by atoms with Gasteiger partial charge in [0.25, 0.3) is 0 Å². The van der Waals surface area contributed by atoms with Gasteiger partial charge in [0.2, 0.25) is 0 Å². The fourth-order valence-corrected chi connectivity index (χ4v) is 9.95. The lowest BCUT2D eigenvalue weighted by molar-refractivity contribution is -0.335. The molecule has 370 valence electrons. The fourth-order valence-electron chi connectivity index (χ4n) is 9.95. The van der Waals surface area contributed by atoms with Gasteiger partial charge in [-0.15, -0.1) is 0 Å². The zero-order valence-corrected chi connectivity index (χ0v) is 41.2. The zero-order chi connectivity index (χ0) is 47.9. The summed E-state index contributed by atoms with van der Waals surface area (Å²) in [5.41, 5.74) is -6.05. The number of likely N-dealkylation sites (N-methyl/N-ethyl adjacent to an activating group) is 1. The van der Waals surface area contributed by atoms with Gasteiger partial charge < -0.3 is 73.9 Å². The Kier molecular flexibility index (Phi) is 19.2. The molecule has 1 aromatic rings. The van der Waals surface area contributed by atoms with Crippen LogP contribution in [0.3, 0.4) is 0 Å². The molecule has 64 heavy (non-hydrogen) atoms. The van der Waals surface area contributed by atoms with Gasteiger partial charge in [-0.05, 0) is 107 Å². The van der Waals surface area contributed by atoms with Crippen LogP contribution in [0.25, 0.3) is 0 Å². The molecule has 3 aliphatic rings. The molecule has 0 unspecified atom stereocenters. The summed E-state index contributed by atoms with van der Waals surface area (Å²) in [4.78, 5) is 25.1. The van der Waals surface area contributed by atoms with E-state index in [4.69, 9.17) is 37.9 Å². The van der Waals surface area contributed by atoms with Crippen molar-refractivity contribution in [2.45, 2.75) is 198 Å². The van der Waals surface area contributed by atoms with Gasteiger partial charge in [-0.3, -0.25) is 4.79 Å². The van der Waals surface area contributed by atoms with Crippen LogP contribution in [0.5, 0.6) is 11.8 Å². The fraction of sp³-hybridized carbons (Fsp3) is 0.891. The minimum atomic E-state index is -1.83. The number of nitrogens with one attached hydrogen (secondary N) is 2. The second-order valence-electron chi connectivity index (χ2n) is 19.7. The molecule has 0 aromatic carbocycles. The Hall–Kier alpha value is -2.33. The van der Waals surface area contributed by atoms with Gasteiger partial charge in [0.05, 0.1) is 61.5 Å². The number of rotatable bonds is 14. The van der Waals surface area contributed by atoms with Crippen molar-refractivity contribution in [1.82, 2.24) is 25.5 Å². The van der Waals surface area contributed by atoms with Gasteiger partial charge in [0.15, 0.2) is 24.4 Å². The smallest absolute Gasteiger partial charge is 0.316 e. The van der Waals surface area contributed by atoms with Crippen LogP contribution < -0.4 is 20.1 Å². The van der Waals surface area contributed by atoms with Crippen LogP contribution in [0.1, 0.15) is 108 Å². The lowest BCUT2D eigenvalue weighted by Gasteiger charge is -2.53. The highest BCUT2D eigenvalue weighted by Crippen LogP contribution is 2.43. The first-order valence-electron chi connectivity index (χ1n) is 23.2. The first kappa shape index (κ1) is 54.3. The number of hydrogen-bond donors (Lipinski definition) is 6.